The predicted molar refractivity (Wildman–Crippen MR) is 145 cm³/mol. The molecule has 1 aromatic heterocycles. The summed E-state index contributed by atoms with van der Waals surface area (Å²) in [6.07, 6.45) is -3.54. The number of nitrogens with zero attached hydrogens (tertiary/aromatic N) is 4. The summed E-state index contributed by atoms with van der Waals surface area (Å²) in [6.45, 7) is 4.79. The third-order valence-corrected chi connectivity index (χ3v) is 7.36. The molecule has 0 unspecified atom stereocenters. The second-order valence-corrected chi connectivity index (χ2v) is 9.38. The van der Waals surface area contributed by atoms with Crippen molar-refractivity contribution >= 4 is 85.6 Å². The molecule has 3 aliphatic rings. The van der Waals surface area contributed by atoms with Crippen molar-refractivity contribution in [3.63, 3.8) is 0 Å². The van der Waals surface area contributed by atoms with Crippen molar-refractivity contribution in [1.82, 2.24) is 25.1 Å². The van der Waals surface area contributed by atoms with Gasteiger partial charge in [-0.2, -0.15) is 13.2 Å². The number of carbonyl (C=O) groups is 1. The first-order chi connectivity index (χ1) is 14.9. The summed E-state index contributed by atoms with van der Waals surface area (Å²) in [7, 11) is 0. The Morgan fingerprint density at radius 2 is 1.82 bits per heavy atom. The topological polar surface area (TPSA) is 67.5 Å². The van der Waals surface area contributed by atoms with Crippen LogP contribution in [0.3, 0.4) is 0 Å². The first kappa shape index (κ1) is 29.7. The van der Waals surface area contributed by atoms with Gasteiger partial charge < -0.3 is 20.1 Å². The van der Waals surface area contributed by atoms with Crippen LogP contribution in [0.25, 0.3) is 11.0 Å². The van der Waals surface area contributed by atoms with E-state index in [2.05, 4.69) is 25.1 Å². The minimum Gasteiger partial charge on any atom is -0.340 e. The van der Waals surface area contributed by atoms with Crippen molar-refractivity contribution in [2.75, 3.05) is 55.8 Å². The molecule has 1 amide bonds. The fraction of sp³-hybridized carbons (Fsp3) is 0.600. The van der Waals surface area contributed by atoms with Crippen LogP contribution >= 0.6 is 62.7 Å². The lowest BCUT2D eigenvalue weighted by Crippen LogP contribution is -2.51. The van der Waals surface area contributed by atoms with E-state index < -0.39 is 11.7 Å². The number of benzene rings is 1. The van der Waals surface area contributed by atoms with E-state index >= 15 is 0 Å². The molecule has 2 atom stereocenters. The first-order valence-corrected chi connectivity index (χ1v) is 11.7. The quantitative estimate of drug-likeness (QED) is 0.511. The smallest absolute Gasteiger partial charge is 0.340 e. The molecule has 7 nitrogen and oxygen atoms in total. The lowest BCUT2D eigenvalue weighted by atomic mass is 10.1. The summed E-state index contributed by atoms with van der Waals surface area (Å²) < 4.78 is 38.9. The number of imidazole rings is 1. The Labute approximate surface area is 231 Å². The van der Waals surface area contributed by atoms with Crippen LogP contribution in [0.2, 0.25) is 0 Å². The molecule has 0 spiro atoms. The van der Waals surface area contributed by atoms with E-state index in [9.17, 15) is 18.0 Å². The third kappa shape index (κ3) is 6.23. The van der Waals surface area contributed by atoms with Gasteiger partial charge in [-0.05, 0) is 24.6 Å². The average molecular weight is 697 g/mol. The SMILES string of the molecule is Br.Br.Br.O=C([C@@H]1C[C@H](N2CCN(c3nc4ccc(C(F)(F)F)cc4[nH]3)CC2)CN1)N1CCSC1. The van der Waals surface area contributed by atoms with Crippen molar-refractivity contribution in [1.29, 1.82) is 0 Å². The Hall–Kier alpha value is -0.540. The second kappa shape index (κ2) is 12.1. The fourth-order valence-corrected chi connectivity index (χ4v) is 5.57. The van der Waals surface area contributed by atoms with Gasteiger partial charge in [-0.1, -0.05) is 0 Å². The van der Waals surface area contributed by atoms with Gasteiger partial charge in [0.15, 0.2) is 0 Å². The number of H-pyrrole nitrogens is 1. The van der Waals surface area contributed by atoms with Gasteiger partial charge in [-0.15, -0.1) is 62.7 Å². The number of nitrogens with one attached hydrogen (secondary N) is 2. The molecule has 34 heavy (non-hydrogen) atoms. The fourth-order valence-electron chi connectivity index (χ4n) is 4.61. The molecule has 192 valence electrons. The Balaban J connectivity index is 0.00000136. The van der Waals surface area contributed by atoms with E-state index in [1.54, 1.807) is 11.8 Å². The molecule has 0 aliphatic carbocycles. The second-order valence-electron chi connectivity index (χ2n) is 8.30. The number of rotatable bonds is 3. The molecule has 0 saturated carbocycles. The van der Waals surface area contributed by atoms with E-state index in [-0.39, 0.29) is 62.9 Å². The summed E-state index contributed by atoms with van der Waals surface area (Å²) in [5.41, 5.74) is 0.255. The highest BCUT2D eigenvalue weighted by Gasteiger charge is 2.37. The van der Waals surface area contributed by atoms with Crippen LogP contribution in [0.1, 0.15) is 12.0 Å². The van der Waals surface area contributed by atoms with Crippen LogP contribution in [-0.2, 0) is 11.0 Å². The molecule has 3 fully saturated rings. The highest BCUT2D eigenvalue weighted by Crippen LogP contribution is 2.31. The Kier molecular flexibility index (Phi) is 10.6. The van der Waals surface area contributed by atoms with Gasteiger partial charge in [0.2, 0.25) is 11.9 Å². The monoisotopic (exact) mass is 694 g/mol. The Morgan fingerprint density at radius 1 is 1.09 bits per heavy atom. The van der Waals surface area contributed by atoms with Gasteiger partial charge >= 0.3 is 6.18 Å². The number of amides is 1. The highest BCUT2D eigenvalue weighted by molar-refractivity contribution is 8.93. The number of thioether (sulfide) groups is 1. The minimum absolute atomic E-state index is 0. The Bertz CT molecular complexity index is 967. The molecule has 3 saturated heterocycles. The van der Waals surface area contributed by atoms with Gasteiger partial charge in [-0.25, -0.2) is 4.98 Å². The predicted octanol–water partition coefficient (Wildman–Crippen LogP) is 3.70. The van der Waals surface area contributed by atoms with Gasteiger partial charge in [0, 0.05) is 51.1 Å². The van der Waals surface area contributed by atoms with E-state index in [0.29, 0.717) is 23.0 Å². The normalized spacial score (nSPS) is 23.4. The molecule has 1 aromatic carbocycles. The van der Waals surface area contributed by atoms with Gasteiger partial charge in [-0.3, -0.25) is 9.69 Å². The van der Waals surface area contributed by atoms with E-state index in [4.69, 9.17) is 0 Å². The van der Waals surface area contributed by atoms with Crippen molar-refractivity contribution in [2.24, 2.45) is 0 Å². The average Bonchev–Trinajstić information content (AvgIpc) is 3.52. The zero-order chi connectivity index (χ0) is 21.6. The zero-order valence-electron chi connectivity index (χ0n) is 18.2. The summed E-state index contributed by atoms with van der Waals surface area (Å²) in [5, 5.41) is 3.39. The summed E-state index contributed by atoms with van der Waals surface area (Å²) >= 11 is 1.80. The van der Waals surface area contributed by atoms with Crippen molar-refractivity contribution in [3.05, 3.63) is 23.8 Å². The van der Waals surface area contributed by atoms with Crippen LogP contribution in [0.5, 0.6) is 0 Å². The van der Waals surface area contributed by atoms with Crippen LogP contribution in [-0.4, -0.2) is 88.7 Å². The van der Waals surface area contributed by atoms with E-state index in [0.717, 1.165) is 69.5 Å². The van der Waals surface area contributed by atoms with Gasteiger partial charge in [0.25, 0.3) is 0 Å². The lowest BCUT2D eigenvalue weighted by molar-refractivity contribution is -0.137. The number of fused-ring (bicyclic) bond motifs is 1. The molecule has 2 N–H and O–H groups in total. The van der Waals surface area contributed by atoms with Crippen molar-refractivity contribution in [3.8, 4) is 0 Å². The number of halogens is 6. The number of aromatic nitrogens is 2. The van der Waals surface area contributed by atoms with Crippen LogP contribution in [0.4, 0.5) is 19.1 Å². The number of aromatic amines is 1. The summed E-state index contributed by atoms with van der Waals surface area (Å²) in [4.78, 5) is 26.6. The lowest BCUT2D eigenvalue weighted by Gasteiger charge is -2.37. The molecule has 5 rings (SSSR count). The summed E-state index contributed by atoms with van der Waals surface area (Å²) in [5.74, 6) is 2.63. The minimum atomic E-state index is -4.37. The van der Waals surface area contributed by atoms with Gasteiger partial charge in [0.05, 0.1) is 28.5 Å². The number of hydrogen-bond donors (Lipinski definition) is 2. The maximum absolute atomic E-state index is 13.0. The standard InChI is InChI=1S/C20H25F3N6OS.3BrH/c21-20(22,23)13-1-2-15-16(9-13)26-19(25-15)28-5-3-27(4-6-28)14-10-17(24-11-14)18(30)29-7-8-31-12-29;;;/h1-2,9,14,17,24H,3-8,10-12H2,(H,25,26);3*1H/t14-,17-;;;/m0.../s1. The van der Waals surface area contributed by atoms with Crippen molar-refractivity contribution in [2.45, 2.75) is 24.7 Å². The highest BCUT2D eigenvalue weighted by atomic mass is 79.9. The third-order valence-electron chi connectivity index (χ3n) is 6.40. The zero-order valence-corrected chi connectivity index (χ0v) is 24.2. The maximum atomic E-state index is 13.0. The molecular formula is C20H28Br3F3N6OS. The number of alkyl halides is 3. The largest absolute Gasteiger partial charge is 0.416 e. The van der Waals surface area contributed by atoms with E-state index in [1.807, 2.05) is 4.90 Å². The van der Waals surface area contributed by atoms with Crippen molar-refractivity contribution < 1.29 is 18.0 Å². The van der Waals surface area contributed by atoms with Gasteiger partial charge in [0.1, 0.15) is 0 Å². The number of piperazine rings is 1. The molecule has 2 aromatic rings. The maximum Gasteiger partial charge on any atom is 0.416 e. The molecule has 3 aliphatic heterocycles. The molecule has 14 heteroatoms. The molecule has 0 bridgehead atoms. The Morgan fingerprint density at radius 3 is 2.47 bits per heavy atom. The van der Waals surface area contributed by atoms with Crippen LogP contribution in [0, 0.1) is 0 Å². The first-order valence-electron chi connectivity index (χ1n) is 10.5. The molecular weight excluding hydrogens is 669 g/mol. The van der Waals surface area contributed by atoms with E-state index in [1.165, 1.54) is 6.07 Å². The summed E-state index contributed by atoms with van der Waals surface area (Å²) in [6, 6.07) is 3.82. The number of anilines is 1. The number of carbonyl (C=O) groups excluding carboxylic acids is 1. The van der Waals surface area contributed by atoms with Crippen LogP contribution in [0.15, 0.2) is 18.2 Å². The van der Waals surface area contributed by atoms with Crippen LogP contribution < -0.4 is 10.2 Å². The molecule has 4 heterocycles. The number of hydrogen-bond acceptors (Lipinski definition) is 6. The molecule has 0 radical (unpaired) electrons.